The Morgan fingerprint density at radius 3 is 1.66 bits per heavy atom. The molecule has 5 rings (SSSR count). The van der Waals surface area contributed by atoms with Crippen LogP contribution in [0.5, 0.6) is 11.5 Å². The summed E-state index contributed by atoms with van der Waals surface area (Å²) in [6, 6.07) is 28.4. The number of methoxy groups -OCH3 is 2. The van der Waals surface area contributed by atoms with Gasteiger partial charge >= 0.3 is 0 Å². The lowest BCUT2D eigenvalue weighted by Gasteiger charge is -2.07. The number of carbonyl (C=O) groups is 5. The number of nitrogens with one attached hydrogen (secondary N) is 5. The Morgan fingerprint density at radius 1 is 0.552 bits per heavy atom. The summed E-state index contributed by atoms with van der Waals surface area (Å²) in [5, 5.41) is 13.6. The van der Waals surface area contributed by atoms with E-state index in [2.05, 4.69) is 31.6 Å². The van der Waals surface area contributed by atoms with Gasteiger partial charge in [-0.15, -0.1) is 0 Å². The molecule has 1 aromatic heterocycles. The molecule has 0 saturated heterocycles. The summed E-state index contributed by atoms with van der Waals surface area (Å²) < 4.78 is 35.3. The molecule has 0 saturated carbocycles. The molecule has 1 heterocycles. The number of pyridine rings is 1. The van der Waals surface area contributed by atoms with Crippen LogP contribution in [-0.2, 0) is 24.0 Å². The Kier molecular flexibility index (Phi) is 23.1. The standard InChI is InChI=1S/2C9H11NO2.C8H7Cl2NO.C8H7F2NO.C7H8N2O/c1-7(11)10-8-4-3-5-9(6-8)12-2;1-7(11)10-8-5-3-4-6-9(8)12-2;1-5(12)11-8-3-2-6(9)4-7(8)10;1-5(12)11-7-4-2-3-6(9)8(7)10;1-6(10)9-7-4-2-3-5-8-7/h2*3-6H,1-2H3,(H,10,11);2*2-4H,1H3,(H,11,12);2-5H,1H3,(H,8,9,10). The van der Waals surface area contributed by atoms with Crippen LogP contribution in [0.3, 0.4) is 0 Å². The molecule has 0 atom stereocenters. The van der Waals surface area contributed by atoms with Crippen LogP contribution in [-0.4, -0.2) is 48.7 Å². The van der Waals surface area contributed by atoms with E-state index >= 15 is 0 Å². The zero-order chi connectivity index (χ0) is 43.6. The van der Waals surface area contributed by atoms with Crippen molar-refractivity contribution in [2.75, 3.05) is 40.8 Å². The second-order valence-electron chi connectivity index (χ2n) is 11.3. The van der Waals surface area contributed by atoms with Crippen molar-refractivity contribution in [1.82, 2.24) is 4.98 Å². The van der Waals surface area contributed by atoms with Gasteiger partial charge in [0, 0.05) is 57.6 Å². The number of aromatic nitrogens is 1. The van der Waals surface area contributed by atoms with E-state index in [1.165, 1.54) is 46.8 Å². The van der Waals surface area contributed by atoms with E-state index in [1.54, 1.807) is 68.9 Å². The largest absolute Gasteiger partial charge is 0.497 e. The molecule has 0 radical (unpaired) electrons. The van der Waals surface area contributed by atoms with Gasteiger partial charge in [-0.3, -0.25) is 24.0 Å². The van der Waals surface area contributed by atoms with Gasteiger partial charge in [-0.05, 0) is 66.7 Å². The van der Waals surface area contributed by atoms with Gasteiger partial charge in [-0.1, -0.05) is 53.5 Å². The molecule has 0 unspecified atom stereocenters. The molecule has 308 valence electrons. The summed E-state index contributed by atoms with van der Waals surface area (Å²) in [7, 11) is 3.16. The topological polar surface area (TPSA) is 177 Å². The minimum Gasteiger partial charge on any atom is -0.497 e. The number of halogens is 4. The zero-order valence-electron chi connectivity index (χ0n) is 32.7. The fourth-order valence-electron chi connectivity index (χ4n) is 4.03. The monoisotopic (exact) mass is 840 g/mol. The second kappa shape index (κ2) is 27.1. The third-order valence-electron chi connectivity index (χ3n) is 6.28. The van der Waals surface area contributed by atoms with Crippen LogP contribution in [0.25, 0.3) is 0 Å². The fraction of sp³-hybridized carbons (Fsp3) is 0.171. The summed E-state index contributed by atoms with van der Waals surface area (Å²) in [5.74, 6) is -0.863. The Bertz CT molecular complexity index is 2110. The summed E-state index contributed by atoms with van der Waals surface area (Å²) in [6.45, 7) is 7.04. The van der Waals surface area contributed by atoms with Gasteiger partial charge in [-0.25, -0.2) is 13.8 Å². The highest BCUT2D eigenvalue weighted by atomic mass is 35.5. The Labute approximate surface area is 345 Å². The lowest BCUT2D eigenvalue weighted by atomic mass is 10.3. The number of amides is 5. The molecule has 0 bridgehead atoms. The van der Waals surface area contributed by atoms with Gasteiger partial charge in [-0.2, -0.15) is 0 Å². The van der Waals surface area contributed by atoms with E-state index in [0.717, 1.165) is 17.5 Å². The minimum absolute atomic E-state index is 0.0803. The number of para-hydroxylation sites is 2. The highest BCUT2D eigenvalue weighted by Crippen LogP contribution is 2.25. The maximum absolute atomic E-state index is 12.8. The van der Waals surface area contributed by atoms with Gasteiger partial charge < -0.3 is 36.1 Å². The molecule has 13 nitrogen and oxygen atoms in total. The van der Waals surface area contributed by atoms with Crippen molar-refractivity contribution in [3.8, 4) is 11.5 Å². The second-order valence-corrected chi connectivity index (χ2v) is 12.1. The van der Waals surface area contributed by atoms with E-state index in [4.69, 9.17) is 32.7 Å². The van der Waals surface area contributed by atoms with Gasteiger partial charge in [0.25, 0.3) is 0 Å². The maximum atomic E-state index is 12.8. The van der Waals surface area contributed by atoms with Gasteiger partial charge in [0.2, 0.25) is 29.5 Å². The van der Waals surface area contributed by atoms with Crippen LogP contribution >= 0.6 is 23.2 Å². The van der Waals surface area contributed by atoms with Crippen molar-refractivity contribution >= 4 is 81.3 Å². The average molecular weight is 842 g/mol. The third-order valence-corrected chi connectivity index (χ3v) is 6.83. The molecule has 5 aromatic rings. The Balaban J connectivity index is 0.000000363. The first kappa shape index (κ1) is 49.4. The molecule has 0 spiro atoms. The predicted octanol–water partition coefficient (Wildman–Crippen LogP) is 9.22. The predicted molar refractivity (Wildman–Crippen MR) is 225 cm³/mol. The Morgan fingerprint density at radius 2 is 1.10 bits per heavy atom. The van der Waals surface area contributed by atoms with Crippen LogP contribution in [0.2, 0.25) is 10.0 Å². The number of benzene rings is 4. The summed E-state index contributed by atoms with van der Waals surface area (Å²) in [5.41, 5.74) is 1.89. The molecule has 0 aliphatic heterocycles. The first-order chi connectivity index (χ1) is 27.4. The number of hydrogen-bond donors (Lipinski definition) is 5. The van der Waals surface area contributed by atoms with Crippen molar-refractivity contribution in [3.05, 3.63) is 131 Å². The van der Waals surface area contributed by atoms with Gasteiger partial charge in [0.1, 0.15) is 17.3 Å². The fourth-order valence-corrected chi connectivity index (χ4v) is 4.48. The van der Waals surface area contributed by atoms with Crippen molar-refractivity contribution in [2.24, 2.45) is 0 Å². The normalized spacial score (nSPS) is 9.29. The third kappa shape index (κ3) is 21.5. The van der Waals surface area contributed by atoms with E-state index in [-0.39, 0.29) is 29.3 Å². The SMILES string of the molecule is CC(=O)Nc1ccc(Cl)cc1Cl.CC(=O)Nc1cccc(F)c1F.CC(=O)Nc1ccccn1.COc1cccc(NC(C)=O)c1.COc1ccccc1NC(C)=O. The summed E-state index contributed by atoms with van der Waals surface area (Å²) >= 11 is 11.4. The molecule has 5 amide bonds. The van der Waals surface area contributed by atoms with Crippen LogP contribution in [0, 0.1) is 11.6 Å². The summed E-state index contributed by atoms with van der Waals surface area (Å²) in [6.07, 6.45) is 1.63. The number of carbonyl (C=O) groups excluding carboxylic acids is 5. The quantitative estimate of drug-likeness (QED) is 0.108. The molecular weight excluding hydrogens is 797 g/mol. The van der Waals surface area contributed by atoms with E-state index in [9.17, 15) is 32.8 Å². The van der Waals surface area contributed by atoms with Gasteiger partial charge in [0.05, 0.1) is 36.3 Å². The number of anilines is 5. The van der Waals surface area contributed by atoms with Crippen molar-refractivity contribution in [3.63, 3.8) is 0 Å². The maximum Gasteiger partial charge on any atom is 0.222 e. The molecular formula is C41H44Cl2F2N6O7. The molecule has 0 aliphatic carbocycles. The Hall–Kier alpha value is -6.58. The molecule has 4 aromatic carbocycles. The zero-order valence-corrected chi connectivity index (χ0v) is 34.2. The highest BCUT2D eigenvalue weighted by molar-refractivity contribution is 6.36. The summed E-state index contributed by atoms with van der Waals surface area (Å²) in [4.78, 5) is 56.8. The van der Waals surface area contributed by atoms with Crippen LogP contribution in [0.4, 0.5) is 37.3 Å². The number of hydrogen-bond acceptors (Lipinski definition) is 8. The molecule has 17 heteroatoms. The van der Waals surface area contributed by atoms with E-state index < -0.39 is 17.5 Å². The van der Waals surface area contributed by atoms with Gasteiger partial charge in [0.15, 0.2) is 11.6 Å². The lowest BCUT2D eigenvalue weighted by molar-refractivity contribution is -0.115. The first-order valence-electron chi connectivity index (χ1n) is 16.9. The first-order valence-corrected chi connectivity index (χ1v) is 17.7. The van der Waals surface area contributed by atoms with Crippen LogP contribution in [0.15, 0.2) is 109 Å². The molecule has 0 fully saturated rings. The smallest absolute Gasteiger partial charge is 0.222 e. The van der Waals surface area contributed by atoms with Crippen LogP contribution < -0.4 is 36.1 Å². The lowest BCUT2D eigenvalue weighted by Crippen LogP contribution is -2.08. The number of ether oxygens (including phenoxy) is 2. The number of rotatable bonds is 7. The molecule has 5 N–H and O–H groups in total. The van der Waals surface area contributed by atoms with Crippen LogP contribution in [0.1, 0.15) is 34.6 Å². The highest BCUT2D eigenvalue weighted by Gasteiger charge is 2.07. The molecule has 0 aliphatic rings. The minimum atomic E-state index is -1.03. The molecule has 58 heavy (non-hydrogen) atoms. The van der Waals surface area contributed by atoms with Crippen molar-refractivity contribution in [1.29, 1.82) is 0 Å². The van der Waals surface area contributed by atoms with Crippen molar-refractivity contribution < 1.29 is 42.2 Å². The van der Waals surface area contributed by atoms with Crippen molar-refractivity contribution in [2.45, 2.75) is 34.6 Å². The number of nitrogens with zero attached hydrogens (tertiary/aromatic N) is 1. The average Bonchev–Trinajstić information content (AvgIpc) is 3.15. The van der Waals surface area contributed by atoms with E-state index in [1.807, 2.05) is 36.4 Å². The van der Waals surface area contributed by atoms with E-state index in [0.29, 0.717) is 33.0 Å².